The Morgan fingerprint density at radius 1 is 0.895 bits per heavy atom. The average molecular weight is 301 g/mol. The van der Waals surface area contributed by atoms with Gasteiger partial charge in [0.15, 0.2) is 0 Å². The van der Waals surface area contributed by atoms with E-state index in [2.05, 4.69) is 19.1 Å². The van der Waals surface area contributed by atoms with Crippen LogP contribution < -0.4 is 0 Å². The molecule has 19 heavy (non-hydrogen) atoms. The first-order chi connectivity index (χ1) is 9.27. The number of unbranched alkanes of at least 4 members (excludes halogenated alkanes) is 6. The summed E-state index contributed by atoms with van der Waals surface area (Å²) in [5, 5.41) is 0.799. The van der Waals surface area contributed by atoms with Gasteiger partial charge >= 0.3 is 0 Å². The van der Waals surface area contributed by atoms with Crippen molar-refractivity contribution in [1.29, 1.82) is 0 Å². The van der Waals surface area contributed by atoms with Crippen LogP contribution in [0.1, 0.15) is 69.8 Å². The molecule has 0 aliphatic heterocycles. The normalized spacial score (nSPS) is 12.6. The highest BCUT2D eigenvalue weighted by atomic mass is 35.5. The van der Waals surface area contributed by atoms with E-state index in [0.29, 0.717) is 11.8 Å². The Kier molecular flexibility index (Phi) is 9.38. The SMILES string of the molecule is CCCCCCCCCC(CCl)c1ccc(Cl)cc1. The number of hydrogen-bond donors (Lipinski definition) is 0. The molecule has 1 aromatic carbocycles. The van der Waals surface area contributed by atoms with Crippen LogP contribution in [0.25, 0.3) is 0 Å². The second kappa shape index (κ2) is 10.6. The largest absolute Gasteiger partial charge is 0.126 e. The Hall–Kier alpha value is -0.200. The molecule has 1 atom stereocenters. The van der Waals surface area contributed by atoms with Gasteiger partial charge in [0.25, 0.3) is 0 Å². The summed E-state index contributed by atoms with van der Waals surface area (Å²) in [5.74, 6) is 1.19. The van der Waals surface area contributed by atoms with Crippen molar-refractivity contribution in [2.45, 2.75) is 64.2 Å². The molecular formula is C17H26Cl2. The van der Waals surface area contributed by atoms with E-state index < -0.39 is 0 Å². The predicted octanol–water partition coefficient (Wildman–Crippen LogP) is 6.80. The Labute approximate surface area is 128 Å². The third-order valence-corrected chi connectivity index (χ3v) is 4.31. The van der Waals surface area contributed by atoms with E-state index >= 15 is 0 Å². The molecule has 0 radical (unpaired) electrons. The maximum Gasteiger partial charge on any atom is 0.0406 e. The van der Waals surface area contributed by atoms with E-state index in [0.717, 1.165) is 5.02 Å². The molecule has 1 unspecified atom stereocenters. The van der Waals surface area contributed by atoms with Gasteiger partial charge in [0.1, 0.15) is 0 Å². The fourth-order valence-corrected chi connectivity index (χ4v) is 2.87. The smallest absolute Gasteiger partial charge is 0.0406 e. The van der Waals surface area contributed by atoms with Crippen molar-refractivity contribution < 1.29 is 0 Å². The van der Waals surface area contributed by atoms with Gasteiger partial charge < -0.3 is 0 Å². The molecule has 0 aliphatic rings. The van der Waals surface area contributed by atoms with Gasteiger partial charge in [-0.05, 0) is 30.0 Å². The zero-order valence-corrected chi connectivity index (χ0v) is 13.5. The van der Waals surface area contributed by atoms with Crippen LogP contribution in [0.2, 0.25) is 5.02 Å². The molecule has 0 bridgehead atoms. The summed E-state index contributed by atoms with van der Waals surface area (Å²) in [6, 6.07) is 8.13. The molecule has 1 rings (SSSR count). The summed E-state index contributed by atoms with van der Waals surface area (Å²) in [4.78, 5) is 0. The number of rotatable bonds is 10. The van der Waals surface area contributed by atoms with E-state index in [1.807, 2.05) is 12.1 Å². The molecule has 0 aromatic heterocycles. The van der Waals surface area contributed by atoms with Crippen LogP contribution in [-0.4, -0.2) is 5.88 Å². The molecule has 0 nitrogen and oxygen atoms in total. The Morgan fingerprint density at radius 3 is 2.05 bits per heavy atom. The van der Waals surface area contributed by atoms with Crippen molar-refractivity contribution in [3.63, 3.8) is 0 Å². The van der Waals surface area contributed by atoms with E-state index in [-0.39, 0.29) is 0 Å². The first kappa shape index (κ1) is 16.9. The van der Waals surface area contributed by atoms with E-state index in [9.17, 15) is 0 Å². The standard InChI is InChI=1S/C17H26Cl2/c1-2-3-4-5-6-7-8-9-16(14-18)15-10-12-17(19)13-11-15/h10-13,16H,2-9,14H2,1H3. The van der Waals surface area contributed by atoms with Gasteiger partial charge in [0, 0.05) is 10.9 Å². The van der Waals surface area contributed by atoms with E-state index in [1.54, 1.807) is 0 Å². The molecule has 0 N–H and O–H groups in total. The molecule has 0 saturated carbocycles. The van der Waals surface area contributed by atoms with Crippen molar-refractivity contribution in [2.75, 3.05) is 5.88 Å². The summed E-state index contributed by atoms with van der Waals surface area (Å²) in [6.07, 6.45) is 10.7. The van der Waals surface area contributed by atoms with Crippen LogP contribution in [0, 0.1) is 0 Å². The number of hydrogen-bond acceptors (Lipinski definition) is 0. The fourth-order valence-electron chi connectivity index (χ4n) is 2.42. The molecule has 0 spiro atoms. The highest BCUT2D eigenvalue weighted by Gasteiger charge is 2.09. The Bertz CT molecular complexity index is 319. The van der Waals surface area contributed by atoms with Gasteiger partial charge in [-0.15, -0.1) is 11.6 Å². The van der Waals surface area contributed by atoms with Crippen LogP contribution in [0.5, 0.6) is 0 Å². The summed E-state index contributed by atoms with van der Waals surface area (Å²) in [7, 11) is 0. The minimum Gasteiger partial charge on any atom is -0.126 e. The highest BCUT2D eigenvalue weighted by Crippen LogP contribution is 2.25. The second-order valence-corrected chi connectivity index (χ2v) is 6.06. The summed E-state index contributed by atoms with van der Waals surface area (Å²) in [5.41, 5.74) is 1.32. The van der Waals surface area contributed by atoms with E-state index in [4.69, 9.17) is 23.2 Å². The molecule has 0 fully saturated rings. The van der Waals surface area contributed by atoms with Gasteiger partial charge in [0.05, 0.1) is 0 Å². The monoisotopic (exact) mass is 300 g/mol. The fraction of sp³-hybridized carbons (Fsp3) is 0.647. The summed E-state index contributed by atoms with van der Waals surface area (Å²) >= 11 is 12.0. The number of alkyl halides is 1. The molecular weight excluding hydrogens is 275 g/mol. The second-order valence-electron chi connectivity index (χ2n) is 5.31. The molecule has 1 aromatic rings. The third-order valence-electron chi connectivity index (χ3n) is 3.68. The molecule has 2 heteroatoms. The van der Waals surface area contributed by atoms with Gasteiger partial charge in [-0.3, -0.25) is 0 Å². The lowest BCUT2D eigenvalue weighted by molar-refractivity contribution is 0.551. The van der Waals surface area contributed by atoms with Gasteiger partial charge in [-0.2, -0.15) is 0 Å². The van der Waals surface area contributed by atoms with Crippen molar-refractivity contribution in [2.24, 2.45) is 0 Å². The van der Waals surface area contributed by atoms with Gasteiger partial charge in [-0.1, -0.05) is 75.6 Å². The van der Waals surface area contributed by atoms with Crippen LogP contribution in [0.4, 0.5) is 0 Å². The first-order valence-electron chi connectivity index (χ1n) is 7.59. The zero-order valence-electron chi connectivity index (χ0n) is 12.0. The lowest BCUT2D eigenvalue weighted by Crippen LogP contribution is -2.00. The third kappa shape index (κ3) is 7.22. The molecule has 0 aliphatic carbocycles. The van der Waals surface area contributed by atoms with Crippen molar-refractivity contribution in [1.82, 2.24) is 0 Å². The Morgan fingerprint density at radius 2 is 1.47 bits per heavy atom. The number of halogens is 2. The molecule has 0 amide bonds. The Balaban J connectivity index is 2.20. The predicted molar refractivity (Wildman–Crippen MR) is 87.5 cm³/mol. The average Bonchev–Trinajstić information content (AvgIpc) is 2.43. The minimum atomic E-state index is 0.481. The molecule has 0 heterocycles. The summed E-state index contributed by atoms with van der Waals surface area (Å²) < 4.78 is 0. The van der Waals surface area contributed by atoms with Crippen LogP contribution in [0.15, 0.2) is 24.3 Å². The van der Waals surface area contributed by atoms with Crippen LogP contribution in [-0.2, 0) is 0 Å². The highest BCUT2D eigenvalue weighted by molar-refractivity contribution is 6.30. The summed E-state index contributed by atoms with van der Waals surface area (Å²) in [6.45, 7) is 2.26. The number of benzene rings is 1. The molecule has 108 valence electrons. The maximum atomic E-state index is 6.09. The van der Waals surface area contributed by atoms with Crippen molar-refractivity contribution in [3.8, 4) is 0 Å². The topological polar surface area (TPSA) is 0 Å². The van der Waals surface area contributed by atoms with Crippen LogP contribution in [0.3, 0.4) is 0 Å². The first-order valence-corrected chi connectivity index (χ1v) is 8.50. The van der Waals surface area contributed by atoms with Gasteiger partial charge in [0.2, 0.25) is 0 Å². The molecule has 0 saturated heterocycles. The minimum absolute atomic E-state index is 0.481. The van der Waals surface area contributed by atoms with E-state index in [1.165, 1.54) is 56.9 Å². The van der Waals surface area contributed by atoms with Gasteiger partial charge in [-0.25, -0.2) is 0 Å². The van der Waals surface area contributed by atoms with Crippen molar-refractivity contribution in [3.05, 3.63) is 34.9 Å². The zero-order chi connectivity index (χ0) is 13.9. The maximum absolute atomic E-state index is 6.09. The lowest BCUT2D eigenvalue weighted by atomic mass is 9.94. The van der Waals surface area contributed by atoms with Crippen LogP contribution >= 0.6 is 23.2 Å². The lowest BCUT2D eigenvalue weighted by Gasteiger charge is -2.14. The van der Waals surface area contributed by atoms with Crippen molar-refractivity contribution >= 4 is 23.2 Å². The quantitative estimate of drug-likeness (QED) is 0.329.